The topological polar surface area (TPSA) is 86.8 Å². The van der Waals surface area contributed by atoms with E-state index >= 15 is 0 Å². The van der Waals surface area contributed by atoms with Crippen LogP contribution in [0.4, 0.5) is 5.82 Å². The van der Waals surface area contributed by atoms with Crippen LogP contribution in [0.5, 0.6) is 5.75 Å². The molecule has 1 aromatic rings. The summed E-state index contributed by atoms with van der Waals surface area (Å²) in [4.78, 5) is 27.3. The van der Waals surface area contributed by atoms with Gasteiger partial charge >= 0.3 is 11.9 Å². The van der Waals surface area contributed by atoms with Gasteiger partial charge in [0, 0.05) is 11.8 Å². The molecule has 1 N–H and O–H groups in total. The molecule has 0 saturated heterocycles. The van der Waals surface area contributed by atoms with Crippen molar-refractivity contribution in [2.45, 2.75) is 20.3 Å². The van der Waals surface area contributed by atoms with Crippen molar-refractivity contribution in [3.05, 3.63) is 30.1 Å². The Balaban J connectivity index is 2.83. The summed E-state index contributed by atoms with van der Waals surface area (Å²) in [6, 6.07) is 3.38. The third-order valence-electron chi connectivity index (χ3n) is 2.48. The van der Waals surface area contributed by atoms with E-state index in [1.54, 1.807) is 26.0 Å². The number of nitrogens with zero attached hydrogens (tertiary/aromatic N) is 1. The maximum Gasteiger partial charge on any atom is 0.332 e. The molecule has 0 atom stereocenters. The maximum atomic E-state index is 11.6. The second kappa shape index (κ2) is 9.38. The van der Waals surface area contributed by atoms with Crippen LogP contribution in [0.15, 0.2) is 30.1 Å². The van der Waals surface area contributed by atoms with Gasteiger partial charge in [-0.3, -0.25) is 4.79 Å². The van der Waals surface area contributed by atoms with Crippen molar-refractivity contribution in [1.82, 2.24) is 4.98 Å². The number of anilines is 1. The van der Waals surface area contributed by atoms with Crippen molar-refractivity contribution in [3.8, 4) is 5.75 Å². The van der Waals surface area contributed by atoms with Gasteiger partial charge in [0.1, 0.15) is 11.6 Å². The highest BCUT2D eigenvalue weighted by molar-refractivity contribution is 5.85. The van der Waals surface area contributed by atoms with Gasteiger partial charge in [0.15, 0.2) is 0 Å². The SMILES string of the molecule is CCOC(=O)C=C(CC(=O)OCC)Nc1ccc(OC)cn1. The molecule has 1 heterocycles. The van der Waals surface area contributed by atoms with Gasteiger partial charge in [-0.25, -0.2) is 9.78 Å². The molecule has 1 rings (SSSR count). The number of esters is 2. The quantitative estimate of drug-likeness (QED) is 0.579. The number of ether oxygens (including phenoxy) is 3. The van der Waals surface area contributed by atoms with Gasteiger partial charge in [0.2, 0.25) is 0 Å². The van der Waals surface area contributed by atoms with Crippen LogP contribution >= 0.6 is 0 Å². The second-order valence-electron chi connectivity index (χ2n) is 4.11. The van der Waals surface area contributed by atoms with Gasteiger partial charge < -0.3 is 19.5 Å². The van der Waals surface area contributed by atoms with Crippen LogP contribution < -0.4 is 10.1 Å². The Hall–Kier alpha value is -2.57. The van der Waals surface area contributed by atoms with E-state index in [-0.39, 0.29) is 19.6 Å². The lowest BCUT2D eigenvalue weighted by molar-refractivity contribution is -0.142. The first-order valence-corrected chi connectivity index (χ1v) is 6.89. The third kappa shape index (κ3) is 6.25. The molecular weight excluding hydrogens is 288 g/mol. The summed E-state index contributed by atoms with van der Waals surface area (Å²) in [5.41, 5.74) is 0.342. The standard InChI is InChI=1S/C15H20N2O5/c1-4-21-14(18)8-11(9-15(19)22-5-2)17-13-7-6-12(20-3)10-16-13/h6-8,10H,4-5,9H2,1-3H3,(H,16,17). The van der Waals surface area contributed by atoms with Crippen LogP contribution in [0.1, 0.15) is 20.3 Å². The van der Waals surface area contributed by atoms with Crippen LogP contribution in [-0.4, -0.2) is 37.2 Å². The molecular formula is C15H20N2O5. The Kier molecular flexibility index (Phi) is 7.45. The first-order valence-electron chi connectivity index (χ1n) is 6.89. The molecule has 0 amide bonds. The Morgan fingerprint density at radius 1 is 1.23 bits per heavy atom. The van der Waals surface area contributed by atoms with Crippen molar-refractivity contribution >= 4 is 17.8 Å². The Bertz CT molecular complexity index is 525. The number of aromatic nitrogens is 1. The summed E-state index contributed by atoms with van der Waals surface area (Å²) >= 11 is 0. The van der Waals surface area contributed by atoms with Crippen molar-refractivity contribution < 1.29 is 23.8 Å². The number of carbonyl (C=O) groups is 2. The number of nitrogens with one attached hydrogen (secondary N) is 1. The lowest BCUT2D eigenvalue weighted by atomic mass is 10.3. The zero-order valence-corrected chi connectivity index (χ0v) is 12.9. The van der Waals surface area contributed by atoms with Gasteiger partial charge in [-0.15, -0.1) is 0 Å². The van der Waals surface area contributed by atoms with Crippen LogP contribution in [0, 0.1) is 0 Å². The molecule has 0 aliphatic rings. The van der Waals surface area contributed by atoms with Gasteiger partial charge in [-0.1, -0.05) is 0 Å². The fourth-order valence-corrected chi connectivity index (χ4v) is 1.56. The number of hydrogen-bond acceptors (Lipinski definition) is 7. The average molecular weight is 308 g/mol. The van der Waals surface area contributed by atoms with Crippen LogP contribution in [0.3, 0.4) is 0 Å². The number of pyridine rings is 1. The normalized spacial score (nSPS) is 10.8. The summed E-state index contributed by atoms with van der Waals surface area (Å²) in [7, 11) is 1.54. The van der Waals surface area contributed by atoms with E-state index < -0.39 is 11.9 Å². The first-order chi connectivity index (χ1) is 10.6. The zero-order valence-electron chi connectivity index (χ0n) is 12.9. The Labute approximate surface area is 129 Å². The first kappa shape index (κ1) is 17.5. The predicted molar refractivity (Wildman–Crippen MR) is 80.4 cm³/mol. The molecule has 7 nitrogen and oxygen atoms in total. The van der Waals surface area contributed by atoms with Gasteiger partial charge in [0.05, 0.1) is 32.9 Å². The number of rotatable bonds is 8. The highest BCUT2D eigenvalue weighted by atomic mass is 16.5. The molecule has 0 radical (unpaired) electrons. The van der Waals surface area contributed by atoms with E-state index in [9.17, 15) is 9.59 Å². The van der Waals surface area contributed by atoms with Gasteiger partial charge in [-0.05, 0) is 26.0 Å². The van der Waals surface area contributed by atoms with Crippen LogP contribution in [0.25, 0.3) is 0 Å². The third-order valence-corrected chi connectivity index (χ3v) is 2.48. The fourth-order valence-electron chi connectivity index (χ4n) is 1.56. The average Bonchev–Trinajstić information content (AvgIpc) is 2.48. The number of methoxy groups -OCH3 is 1. The lowest BCUT2D eigenvalue weighted by Gasteiger charge is -2.10. The molecule has 7 heteroatoms. The molecule has 0 aliphatic heterocycles. The van der Waals surface area contributed by atoms with E-state index in [1.807, 2.05) is 0 Å². The van der Waals surface area contributed by atoms with Gasteiger partial charge in [0.25, 0.3) is 0 Å². The monoisotopic (exact) mass is 308 g/mol. The highest BCUT2D eigenvalue weighted by Crippen LogP contribution is 2.14. The van der Waals surface area contributed by atoms with Crippen molar-refractivity contribution in [3.63, 3.8) is 0 Å². The summed E-state index contributed by atoms with van der Waals surface area (Å²) in [6.07, 6.45) is 2.65. The molecule has 120 valence electrons. The molecule has 0 spiro atoms. The molecule has 0 aliphatic carbocycles. The molecule has 0 aromatic carbocycles. The molecule has 1 aromatic heterocycles. The minimum absolute atomic E-state index is 0.0830. The molecule has 0 fully saturated rings. The van der Waals surface area contributed by atoms with Crippen LogP contribution in [0.2, 0.25) is 0 Å². The van der Waals surface area contributed by atoms with Crippen molar-refractivity contribution in [1.29, 1.82) is 0 Å². The number of carbonyl (C=O) groups excluding carboxylic acids is 2. The number of hydrogen-bond donors (Lipinski definition) is 1. The molecule has 22 heavy (non-hydrogen) atoms. The summed E-state index contributed by atoms with van der Waals surface area (Å²) in [5.74, 6) is 0.0920. The Morgan fingerprint density at radius 3 is 2.50 bits per heavy atom. The van der Waals surface area contributed by atoms with Gasteiger partial charge in [-0.2, -0.15) is 0 Å². The van der Waals surface area contributed by atoms with E-state index in [0.717, 1.165) is 0 Å². The molecule has 0 bridgehead atoms. The minimum Gasteiger partial charge on any atom is -0.495 e. The van der Waals surface area contributed by atoms with E-state index in [1.165, 1.54) is 19.4 Å². The zero-order chi connectivity index (χ0) is 16.4. The van der Waals surface area contributed by atoms with Crippen molar-refractivity contribution in [2.75, 3.05) is 25.6 Å². The summed E-state index contributed by atoms with van der Waals surface area (Å²) in [5, 5.41) is 2.90. The lowest BCUT2D eigenvalue weighted by Crippen LogP contribution is -2.13. The largest absolute Gasteiger partial charge is 0.495 e. The summed E-state index contributed by atoms with van der Waals surface area (Å²) in [6.45, 7) is 3.94. The highest BCUT2D eigenvalue weighted by Gasteiger charge is 2.10. The summed E-state index contributed by atoms with van der Waals surface area (Å²) < 4.78 is 14.7. The maximum absolute atomic E-state index is 11.6. The smallest absolute Gasteiger partial charge is 0.332 e. The van der Waals surface area contributed by atoms with E-state index in [2.05, 4.69) is 10.3 Å². The van der Waals surface area contributed by atoms with Crippen LogP contribution in [-0.2, 0) is 19.1 Å². The fraction of sp³-hybridized carbons (Fsp3) is 0.400. The molecule has 0 saturated carbocycles. The minimum atomic E-state index is -0.539. The molecule has 0 unspecified atom stereocenters. The second-order valence-corrected chi connectivity index (χ2v) is 4.11. The predicted octanol–water partition coefficient (Wildman–Crippen LogP) is 1.90. The van der Waals surface area contributed by atoms with E-state index in [0.29, 0.717) is 17.3 Å². The van der Waals surface area contributed by atoms with E-state index in [4.69, 9.17) is 14.2 Å². The van der Waals surface area contributed by atoms with Crippen molar-refractivity contribution in [2.24, 2.45) is 0 Å². The Morgan fingerprint density at radius 2 is 1.95 bits per heavy atom.